The van der Waals surface area contributed by atoms with Gasteiger partial charge in [-0.3, -0.25) is 4.79 Å². The predicted molar refractivity (Wildman–Crippen MR) is 80.2 cm³/mol. The van der Waals surface area contributed by atoms with Crippen LogP contribution in [0.25, 0.3) is 0 Å². The zero-order valence-corrected chi connectivity index (χ0v) is 12.4. The Kier molecular flexibility index (Phi) is 4.76. The lowest BCUT2D eigenvalue weighted by Gasteiger charge is -2.34. The zero-order chi connectivity index (χ0) is 14.5. The number of amides is 1. The molecular formula is C17H23NO3. The molecule has 1 amide bonds. The van der Waals surface area contributed by atoms with Crippen molar-refractivity contribution in [3.05, 3.63) is 30.3 Å². The molecule has 1 aromatic rings. The molecule has 0 spiro atoms. The molecule has 114 valence electrons. The number of carbonyl (C=O) groups is 1. The molecule has 3 rings (SSSR count). The summed E-state index contributed by atoms with van der Waals surface area (Å²) in [5.41, 5.74) is 0. The first-order valence-corrected chi connectivity index (χ1v) is 7.91. The van der Waals surface area contributed by atoms with Gasteiger partial charge in [-0.05, 0) is 37.8 Å². The molecule has 2 aliphatic rings. The smallest absolute Gasteiger partial charge is 0.251 e. The van der Waals surface area contributed by atoms with Crippen LogP contribution in [0.2, 0.25) is 0 Å². The Labute approximate surface area is 126 Å². The van der Waals surface area contributed by atoms with Crippen LogP contribution in [0.3, 0.4) is 0 Å². The molecule has 0 aromatic heterocycles. The molecule has 0 aliphatic carbocycles. The molecule has 2 aliphatic heterocycles. The quantitative estimate of drug-likeness (QED) is 0.855. The molecule has 2 saturated heterocycles. The van der Waals surface area contributed by atoms with Crippen LogP contribution in [-0.4, -0.2) is 43.2 Å². The van der Waals surface area contributed by atoms with Crippen LogP contribution in [0.1, 0.15) is 25.7 Å². The van der Waals surface area contributed by atoms with Crippen LogP contribution < -0.4 is 4.74 Å². The molecule has 0 saturated carbocycles. The Morgan fingerprint density at radius 1 is 1.24 bits per heavy atom. The van der Waals surface area contributed by atoms with Gasteiger partial charge in [0.25, 0.3) is 5.91 Å². The van der Waals surface area contributed by atoms with E-state index in [0.717, 1.165) is 51.1 Å². The molecule has 2 unspecified atom stereocenters. The second-order valence-corrected chi connectivity index (χ2v) is 5.92. The molecule has 4 nitrogen and oxygen atoms in total. The third-order valence-electron chi connectivity index (χ3n) is 4.26. The van der Waals surface area contributed by atoms with E-state index in [9.17, 15) is 4.79 Å². The van der Waals surface area contributed by atoms with Crippen molar-refractivity contribution in [2.45, 2.75) is 31.8 Å². The van der Waals surface area contributed by atoms with E-state index in [2.05, 4.69) is 0 Å². The van der Waals surface area contributed by atoms with Crippen molar-refractivity contribution >= 4 is 5.91 Å². The van der Waals surface area contributed by atoms with Gasteiger partial charge in [-0.15, -0.1) is 0 Å². The summed E-state index contributed by atoms with van der Waals surface area (Å²) in [6, 6.07) is 9.87. The molecule has 0 N–H and O–H groups in total. The standard InChI is InChI=1S/C17H23NO3/c19-17(16-9-5-11-20-16)18-10-4-6-14(12-18)13-21-15-7-2-1-3-8-15/h1-3,7-8,14,16H,4-6,9-13H2. The molecule has 4 heteroatoms. The Morgan fingerprint density at radius 3 is 2.86 bits per heavy atom. The van der Waals surface area contributed by atoms with Gasteiger partial charge in [0.05, 0.1) is 6.61 Å². The van der Waals surface area contributed by atoms with Gasteiger partial charge in [-0.2, -0.15) is 0 Å². The van der Waals surface area contributed by atoms with Crippen LogP contribution in [-0.2, 0) is 9.53 Å². The fourth-order valence-corrected chi connectivity index (χ4v) is 3.11. The molecular weight excluding hydrogens is 266 g/mol. The highest BCUT2D eigenvalue weighted by Gasteiger charge is 2.31. The number of likely N-dealkylation sites (tertiary alicyclic amines) is 1. The summed E-state index contributed by atoms with van der Waals surface area (Å²) in [6.07, 6.45) is 3.87. The maximum Gasteiger partial charge on any atom is 0.251 e. The van der Waals surface area contributed by atoms with Crippen LogP contribution in [0.4, 0.5) is 0 Å². The van der Waals surface area contributed by atoms with Gasteiger partial charge in [0.15, 0.2) is 0 Å². The van der Waals surface area contributed by atoms with Crippen LogP contribution >= 0.6 is 0 Å². The van der Waals surface area contributed by atoms with Gasteiger partial charge in [0.2, 0.25) is 0 Å². The monoisotopic (exact) mass is 289 g/mol. The maximum absolute atomic E-state index is 12.4. The van der Waals surface area contributed by atoms with Crippen molar-refractivity contribution in [3.63, 3.8) is 0 Å². The van der Waals surface area contributed by atoms with E-state index < -0.39 is 0 Å². The van der Waals surface area contributed by atoms with Gasteiger partial charge in [0.1, 0.15) is 11.9 Å². The minimum absolute atomic E-state index is 0.178. The number of rotatable bonds is 4. The maximum atomic E-state index is 12.4. The molecule has 2 atom stereocenters. The second kappa shape index (κ2) is 6.94. The second-order valence-electron chi connectivity index (χ2n) is 5.92. The average molecular weight is 289 g/mol. The highest BCUT2D eigenvalue weighted by Crippen LogP contribution is 2.22. The summed E-state index contributed by atoms with van der Waals surface area (Å²) < 4.78 is 11.3. The van der Waals surface area contributed by atoms with Crippen molar-refractivity contribution in [2.75, 3.05) is 26.3 Å². The topological polar surface area (TPSA) is 38.8 Å². The number of hydrogen-bond acceptors (Lipinski definition) is 3. The Hall–Kier alpha value is -1.55. The summed E-state index contributed by atoms with van der Waals surface area (Å²) in [5.74, 6) is 1.50. The first-order chi connectivity index (χ1) is 10.3. The van der Waals surface area contributed by atoms with E-state index in [1.807, 2.05) is 35.2 Å². The van der Waals surface area contributed by atoms with E-state index in [-0.39, 0.29) is 12.0 Å². The minimum atomic E-state index is -0.196. The van der Waals surface area contributed by atoms with Gasteiger partial charge >= 0.3 is 0 Å². The number of benzene rings is 1. The number of hydrogen-bond donors (Lipinski definition) is 0. The largest absolute Gasteiger partial charge is 0.493 e. The van der Waals surface area contributed by atoms with E-state index in [1.54, 1.807) is 0 Å². The summed E-state index contributed by atoms with van der Waals surface area (Å²) in [7, 11) is 0. The number of ether oxygens (including phenoxy) is 2. The van der Waals surface area contributed by atoms with Crippen LogP contribution in [0.15, 0.2) is 30.3 Å². The Morgan fingerprint density at radius 2 is 2.10 bits per heavy atom. The Bertz CT molecular complexity index is 456. The number of carbonyl (C=O) groups excluding carboxylic acids is 1. The zero-order valence-electron chi connectivity index (χ0n) is 12.4. The average Bonchev–Trinajstić information content (AvgIpc) is 3.08. The van der Waals surface area contributed by atoms with E-state index >= 15 is 0 Å². The normalized spacial score (nSPS) is 25.8. The summed E-state index contributed by atoms with van der Waals surface area (Å²) in [5, 5.41) is 0. The lowest BCUT2D eigenvalue weighted by atomic mass is 9.98. The number of para-hydroxylation sites is 1. The highest BCUT2D eigenvalue weighted by molar-refractivity contribution is 5.81. The van der Waals surface area contributed by atoms with Gasteiger partial charge in [-0.25, -0.2) is 0 Å². The van der Waals surface area contributed by atoms with Crippen molar-refractivity contribution in [1.82, 2.24) is 4.90 Å². The van der Waals surface area contributed by atoms with Crippen LogP contribution in [0, 0.1) is 5.92 Å². The third-order valence-corrected chi connectivity index (χ3v) is 4.26. The molecule has 2 heterocycles. The molecule has 21 heavy (non-hydrogen) atoms. The molecule has 0 radical (unpaired) electrons. The SMILES string of the molecule is O=C(C1CCCO1)N1CCCC(COc2ccccc2)C1. The fourth-order valence-electron chi connectivity index (χ4n) is 3.11. The summed E-state index contributed by atoms with van der Waals surface area (Å²) >= 11 is 0. The van der Waals surface area contributed by atoms with E-state index in [0.29, 0.717) is 12.5 Å². The van der Waals surface area contributed by atoms with Crippen LogP contribution in [0.5, 0.6) is 5.75 Å². The first-order valence-electron chi connectivity index (χ1n) is 7.91. The Balaban J connectivity index is 1.49. The molecule has 2 fully saturated rings. The molecule has 0 bridgehead atoms. The third kappa shape index (κ3) is 3.76. The first kappa shape index (κ1) is 14.4. The number of piperidine rings is 1. The van der Waals surface area contributed by atoms with Gasteiger partial charge in [-0.1, -0.05) is 18.2 Å². The van der Waals surface area contributed by atoms with Crippen molar-refractivity contribution in [1.29, 1.82) is 0 Å². The van der Waals surface area contributed by atoms with Crippen molar-refractivity contribution in [3.8, 4) is 5.75 Å². The highest BCUT2D eigenvalue weighted by atomic mass is 16.5. The lowest BCUT2D eigenvalue weighted by molar-refractivity contribution is -0.143. The van der Waals surface area contributed by atoms with Gasteiger partial charge < -0.3 is 14.4 Å². The van der Waals surface area contributed by atoms with Crippen molar-refractivity contribution in [2.24, 2.45) is 5.92 Å². The minimum Gasteiger partial charge on any atom is -0.493 e. The number of nitrogens with zero attached hydrogens (tertiary/aromatic N) is 1. The fraction of sp³-hybridized carbons (Fsp3) is 0.588. The predicted octanol–water partition coefficient (Wildman–Crippen LogP) is 2.48. The lowest BCUT2D eigenvalue weighted by Crippen LogP contribution is -2.45. The van der Waals surface area contributed by atoms with Crippen molar-refractivity contribution < 1.29 is 14.3 Å². The van der Waals surface area contributed by atoms with E-state index in [1.165, 1.54) is 0 Å². The van der Waals surface area contributed by atoms with E-state index in [4.69, 9.17) is 9.47 Å². The summed E-state index contributed by atoms with van der Waals surface area (Å²) in [4.78, 5) is 14.4. The summed E-state index contributed by atoms with van der Waals surface area (Å²) in [6.45, 7) is 3.07. The van der Waals surface area contributed by atoms with Gasteiger partial charge in [0, 0.05) is 25.6 Å². The molecule has 1 aromatic carbocycles.